The Hall–Kier alpha value is -4.65. The Morgan fingerprint density at radius 1 is 0.490 bits per heavy atom. The predicted octanol–water partition coefficient (Wildman–Crippen LogP) is 7.04. The fraction of sp³-hybridized carbons (Fsp3) is 0.0435. The first-order chi connectivity index (χ1) is 25.2. The first-order valence-corrected chi connectivity index (χ1v) is 25.5. The van der Waals surface area contributed by atoms with Gasteiger partial charge < -0.3 is 0 Å². The number of hydrogen-bond donors (Lipinski definition) is 0. The molecule has 7 aromatic rings. The van der Waals surface area contributed by atoms with Gasteiger partial charge in [-0.15, -0.1) is 0 Å². The van der Waals surface area contributed by atoms with Crippen LogP contribution in [0.5, 0.6) is 5.75 Å². The van der Waals surface area contributed by atoms with Crippen LogP contribution in [0, 0.1) is 0 Å². The molecule has 0 bridgehead atoms. The van der Waals surface area contributed by atoms with Crippen molar-refractivity contribution in [1.82, 2.24) is 0 Å². The monoisotopic (exact) mass is 806 g/mol. The van der Waals surface area contributed by atoms with E-state index in [1.165, 1.54) is 26.3 Å². The Bertz CT molecular complexity index is 1940. The summed E-state index contributed by atoms with van der Waals surface area (Å²) >= 11 is 2.59. The van der Waals surface area contributed by atoms with Crippen LogP contribution in [0.2, 0.25) is 5.02 Å². The zero-order valence-corrected chi connectivity index (χ0v) is 32.9. The predicted molar refractivity (Wildman–Crippen MR) is 219 cm³/mol. The van der Waals surface area contributed by atoms with E-state index in [4.69, 9.17) is 20.8 Å². The number of hydrogen-bond acceptors (Lipinski definition) is 2. The Morgan fingerprint density at radius 2 is 0.882 bits per heavy atom. The van der Waals surface area contributed by atoms with E-state index in [-0.39, 0.29) is 0 Å². The van der Waals surface area contributed by atoms with Crippen molar-refractivity contribution in [2.45, 2.75) is 6.10 Å². The molecular weight excluding hydrogens is 767 g/mol. The third-order valence-corrected chi connectivity index (χ3v) is 26.3. The number of halogens is 1. The minimum absolute atomic E-state index is 0.304. The van der Waals surface area contributed by atoms with E-state index >= 15 is 0 Å². The van der Waals surface area contributed by atoms with Crippen molar-refractivity contribution in [1.29, 1.82) is 0 Å². The van der Waals surface area contributed by atoms with E-state index in [0.717, 1.165) is 0 Å². The molecule has 0 aromatic heterocycles. The third-order valence-electron chi connectivity index (χ3n) is 9.33. The van der Waals surface area contributed by atoms with Gasteiger partial charge >= 0.3 is 314 Å². The van der Waals surface area contributed by atoms with Gasteiger partial charge in [0.25, 0.3) is 0 Å². The van der Waals surface area contributed by atoms with Crippen molar-refractivity contribution >= 4 is 64.6 Å². The van der Waals surface area contributed by atoms with Crippen LogP contribution in [0.3, 0.4) is 0 Å². The molecule has 0 unspecified atom stereocenters. The molecule has 0 heterocycles. The molecule has 7 rings (SSSR count). The summed E-state index contributed by atoms with van der Waals surface area (Å²) in [6, 6.07) is 72.8. The molecule has 0 aliphatic rings. The number of benzene rings is 7. The molecular formula is C46H39ClO2SiSn. The molecule has 0 fully saturated rings. The van der Waals surface area contributed by atoms with E-state index in [2.05, 4.69) is 192 Å². The van der Waals surface area contributed by atoms with Crippen LogP contribution in [0.25, 0.3) is 0 Å². The summed E-state index contributed by atoms with van der Waals surface area (Å²) in [6.07, 6.45) is 1.90. The van der Waals surface area contributed by atoms with Crippen LogP contribution in [0.4, 0.5) is 0 Å². The van der Waals surface area contributed by atoms with Gasteiger partial charge in [0.2, 0.25) is 0 Å². The fourth-order valence-electron chi connectivity index (χ4n) is 6.96. The first kappa shape index (κ1) is 34.8. The van der Waals surface area contributed by atoms with E-state index in [0.29, 0.717) is 17.4 Å². The van der Waals surface area contributed by atoms with E-state index < -0.39 is 32.8 Å². The van der Waals surface area contributed by atoms with Crippen molar-refractivity contribution < 1.29 is 9.16 Å². The molecule has 5 heteroatoms. The zero-order valence-electron chi connectivity index (χ0n) is 28.3. The summed E-state index contributed by atoms with van der Waals surface area (Å²) in [5.74, 6) is 0.708. The molecule has 0 amide bonds. The molecule has 0 N–H and O–H groups in total. The maximum atomic E-state index is 7.78. The summed E-state index contributed by atoms with van der Waals surface area (Å²) in [5, 5.41) is 4.15. The summed E-state index contributed by atoms with van der Waals surface area (Å²) < 4.78 is 21.0. The molecule has 0 saturated heterocycles. The molecule has 7 aromatic carbocycles. The van der Waals surface area contributed by atoms with Gasteiger partial charge in [-0.3, -0.25) is 0 Å². The second-order valence-electron chi connectivity index (χ2n) is 12.5. The second kappa shape index (κ2) is 16.6. The molecule has 0 radical (unpaired) electrons. The van der Waals surface area contributed by atoms with Crippen molar-refractivity contribution in [3.8, 4) is 5.75 Å². The van der Waals surface area contributed by atoms with Gasteiger partial charge in [-0.05, 0) is 0 Å². The first-order valence-electron chi connectivity index (χ1n) is 17.3. The van der Waals surface area contributed by atoms with Crippen LogP contribution in [0.1, 0.15) is 0 Å². The van der Waals surface area contributed by atoms with Crippen LogP contribution >= 0.6 is 11.6 Å². The summed E-state index contributed by atoms with van der Waals surface area (Å²) in [5.41, 5.74) is 0. The van der Waals surface area contributed by atoms with Crippen molar-refractivity contribution in [2.24, 2.45) is 0 Å². The van der Waals surface area contributed by atoms with Gasteiger partial charge in [-0.1, -0.05) is 0 Å². The van der Waals surface area contributed by atoms with Gasteiger partial charge in [0.1, 0.15) is 0 Å². The van der Waals surface area contributed by atoms with Crippen LogP contribution in [0.15, 0.2) is 216 Å². The van der Waals surface area contributed by atoms with Gasteiger partial charge in [0.05, 0.1) is 0 Å². The summed E-state index contributed by atoms with van der Waals surface area (Å²) in [4.78, 5) is 0. The SMILES string of the molecule is Clc1cccc(OC[C@@H](/C=[CH]/[Sn]([c]2ccccc2)([c]2ccccc2)[c]2ccccc2)O[Si](c2ccccc2)(c2ccccc2)c2ccccc2)c1. The van der Waals surface area contributed by atoms with Crippen molar-refractivity contribution in [3.63, 3.8) is 0 Å². The molecule has 0 aliphatic heterocycles. The van der Waals surface area contributed by atoms with Crippen LogP contribution in [-0.2, 0) is 4.43 Å². The molecule has 51 heavy (non-hydrogen) atoms. The summed E-state index contributed by atoms with van der Waals surface area (Å²) in [7, 11) is -3.10. The molecule has 1 atom stereocenters. The van der Waals surface area contributed by atoms with Crippen molar-refractivity contribution in [2.75, 3.05) is 6.61 Å². The molecule has 250 valence electrons. The fourth-order valence-corrected chi connectivity index (χ4v) is 23.2. The molecule has 0 spiro atoms. The van der Waals surface area contributed by atoms with Gasteiger partial charge in [-0.2, -0.15) is 0 Å². The van der Waals surface area contributed by atoms with E-state index in [1.54, 1.807) is 0 Å². The minimum atomic E-state index is -3.83. The zero-order chi connectivity index (χ0) is 34.8. The topological polar surface area (TPSA) is 18.5 Å². The van der Waals surface area contributed by atoms with Crippen LogP contribution < -0.4 is 31.0 Å². The van der Waals surface area contributed by atoms with E-state index in [1.807, 2.05) is 24.3 Å². The third kappa shape index (κ3) is 7.68. The molecule has 2 nitrogen and oxygen atoms in total. The van der Waals surface area contributed by atoms with Gasteiger partial charge in [-0.25, -0.2) is 0 Å². The quantitative estimate of drug-likeness (QED) is 0.0921. The van der Waals surface area contributed by atoms with Crippen molar-refractivity contribution in [3.05, 3.63) is 221 Å². The standard InChI is InChI=1S/C28H24ClO2Si.3C6H5.Sn/c1-2-24(22-30-25-14-12-13-23(29)21-25)31-32(26-15-6-3-7-16-26,27-17-8-4-9-18-27)28-19-10-5-11-20-28;3*1-2-4-6-5-3-1;/h1-21,24H,22H2;3*1-5H;/t24-;;;;/m1..../s1. The average molecular weight is 806 g/mol. The summed E-state index contributed by atoms with van der Waals surface area (Å²) in [6.45, 7) is 0.304. The number of rotatable bonds is 13. The van der Waals surface area contributed by atoms with E-state index in [9.17, 15) is 0 Å². The van der Waals surface area contributed by atoms with Gasteiger partial charge in [0, 0.05) is 0 Å². The normalized spacial score (nSPS) is 12.4. The number of ether oxygens (including phenoxy) is 1. The Labute approximate surface area is 311 Å². The van der Waals surface area contributed by atoms with Crippen LogP contribution in [-0.4, -0.2) is 39.4 Å². The Morgan fingerprint density at radius 3 is 1.27 bits per heavy atom. The average Bonchev–Trinajstić information content (AvgIpc) is 3.21. The maximum absolute atomic E-state index is 7.78. The molecule has 0 saturated carbocycles. The Kier molecular flexibility index (Phi) is 11.3. The Balaban J connectivity index is 1.44. The molecule has 0 aliphatic carbocycles. The van der Waals surface area contributed by atoms with Gasteiger partial charge in [0.15, 0.2) is 0 Å². The second-order valence-corrected chi connectivity index (χ2v) is 26.7.